The van der Waals surface area contributed by atoms with Crippen molar-refractivity contribution in [1.29, 1.82) is 0 Å². The first-order valence-corrected chi connectivity index (χ1v) is 9.92. The number of methoxy groups -OCH3 is 1. The summed E-state index contributed by atoms with van der Waals surface area (Å²) in [5.74, 6) is -1.01. The molecule has 154 valence electrons. The molecule has 0 aromatic heterocycles. The van der Waals surface area contributed by atoms with E-state index in [0.717, 1.165) is 0 Å². The Morgan fingerprint density at radius 1 is 1.03 bits per heavy atom. The van der Waals surface area contributed by atoms with Gasteiger partial charge in [-0.2, -0.15) is 0 Å². The van der Waals surface area contributed by atoms with Gasteiger partial charge in [0.15, 0.2) is 5.11 Å². The average molecular weight is 495 g/mol. The average Bonchev–Trinajstić information content (AvgIpc) is 2.67. The lowest BCUT2D eigenvalue weighted by Crippen LogP contribution is -2.56. The van der Waals surface area contributed by atoms with E-state index in [4.69, 9.17) is 58.6 Å². The highest BCUT2D eigenvalue weighted by atomic mass is 35.6. The van der Waals surface area contributed by atoms with Crippen molar-refractivity contribution in [2.75, 3.05) is 12.4 Å². The summed E-state index contributed by atoms with van der Waals surface area (Å²) in [6.45, 7) is 0. The van der Waals surface area contributed by atoms with Crippen molar-refractivity contribution < 1.29 is 14.3 Å². The highest BCUT2D eigenvalue weighted by Crippen LogP contribution is 2.29. The normalized spacial score (nSPS) is 11.9. The summed E-state index contributed by atoms with van der Waals surface area (Å²) >= 11 is 29.2. The number of hydrogen-bond acceptors (Lipinski definition) is 4. The van der Waals surface area contributed by atoms with E-state index in [0.29, 0.717) is 11.3 Å². The Labute approximate surface area is 192 Å². The fraction of sp³-hybridized carbons (Fsp3) is 0.167. The van der Waals surface area contributed by atoms with E-state index in [9.17, 15) is 9.59 Å². The highest BCUT2D eigenvalue weighted by molar-refractivity contribution is 7.80. The molecule has 0 aliphatic rings. The third kappa shape index (κ3) is 6.90. The molecule has 0 saturated carbocycles. The first-order chi connectivity index (χ1) is 13.6. The molecule has 0 spiro atoms. The second-order valence-electron chi connectivity index (χ2n) is 5.60. The van der Waals surface area contributed by atoms with Crippen LogP contribution in [0.5, 0.6) is 0 Å². The van der Waals surface area contributed by atoms with Crippen LogP contribution in [0.15, 0.2) is 48.5 Å². The van der Waals surface area contributed by atoms with Gasteiger partial charge in [0.1, 0.15) is 6.17 Å². The van der Waals surface area contributed by atoms with E-state index in [2.05, 4.69) is 20.7 Å². The number of thiocarbonyl (C=S) groups is 1. The number of carbonyl (C=O) groups is 2. The lowest BCUT2D eigenvalue weighted by Gasteiger charge is -2.28. The number of anilines is 1. The molecule has 2 aromatic rings. The number of esters is 1. The number of hydrogen-bond donors (Lipinski definition) is 3. The lowest BCUT2D eigenvalue weighted by atomic mass is 10.2. The van der Waals surface area contributed by atoms with Gasteiger partial charge in [-0.15, -0.1) is 0 Å². The molecule has 6 nitrogen and oxygen atoms in total. The molecule has 0 aliphatic heterocycles. The van der Waals surface area contributed by atoms with Gasteiger partial charge in [-0.25, -0.2) is 4.79 Å². The maximum Gasteiger partial charge on any atom is 0.337 e. The Bertz CT molecular complexity index is 904. The van der Waals surface area contributed by atoms with E-state index in [-0.39, 0.29) is 15.7 Å². The van der Waals surface area contributed by atoms with Gasteiger partial charge in [-0.1, -0.05) is 58.5 Å². The molecular formula is C18H15Cl4N3O3S. The predicted octanol–water partition coefficient (Wildman–Crippen LogP) is 4.54. The Kier molecular flexibility index (Phi) is 8.36. The molecule has 29 heavy (non-hydrogen) atoms. The second kappa shape index (κ2) is 10.3. The predicted molar refractivity (Wildman–Crippen MR) is 120 cm³/mol. The molecular weight excluding hydrogens is 480 g/mol. The molecule has 1 atom stereocenters. The maximum absolute atomic E-state index is 12.5. The molecule has 2 rings (SSSR count). The summed E-state index contributed by atoms with van der Waals surface area (Å²) in [7, 11) is 1.29. The first-order valence-electron chi connectivity index (χ1n) is 8.00. The Hall–Kier alpha value is -1.77. The number of alkyl halides is 3. The zero-order valence-corrected chi connectivity index (χ0v) is 18.7. The summed E-state index contributed by atoms with van der Waals surface area (Å²) in [6, 6.07) is 12.8. The number of amides is 1. The number of rotatable bonds is 5. The Balaban J connectivity index is 2.06. The second-order valence-corrected chi connectivity index (χ2v) is 8.78. The molecule has 0 heterocycles. The van der Waals surface area contributed by atoms with Gasteiger partial charge in [0.05, 0.1) is 23.3 Å². The minimum absolute atomic E-state index is 0.0756. The quantitative estimate of drug-likeness (QED) is 0.245. The van der Waals surface area contributed by atoms with Crippen molar-refractivity contribution in [1.82, 2.24) is 10.6 Å². The van der Waals surface area contributed by atoms with Crippen molar-refractivity contribution in [3.63, 3.8) is 0 Å². The first kappa shape index (κ1) is 23.5. The standard InChI is InChI=1S/C18H15Cl4N3O3S/c1-28-15(27)10-6-8-11(9-7-10)23-17(29)25-16(18(20,21)22)24-14(26)12-4-2-3-5-13(12)19/h2-9,16H,1H3,(H,24,26)(H2,23,25,29). The van der Waals surface area contributed by atoms with Crippen LogP contribution in [0, 0.1) is 0 Å². The summed E-state index contributed by atoms with van der Waals surface area (Å²) in [5, 5.41) is 8.47. The fourth-order valence-corrected chi connectivity index (χ4v) is 2.94. The van der Waals surface area contributed by atoms with Gasteiger partial charge in [-0.3, -0.25) is 4.79 Å². The highest BCUT2D eigenvalue weighted by Gasteiger charge is 2.35. The molecule has 0 aliphatic carbocycles. The maximum atomic E-state index is 12.5. The van der Waals surface area contributed by atoms with E-state index < -0.39 is 21.8 Å². The van der Waals surface area contributed by atoms with Crippen molar-refractivity contribution >= 4 is 81.3 Å². The Morgan fingerprint density at radius 3 is 2.21 bits per heavy atom. The van der Waals surface area contributed by atoms with Gasteiger partial charge in [-0.05, 0) is 48.6 Å². The molecule has 1 amide bonds. The summed E-state index contributed by atoms with van der Waals surface area (Å²) < 4.78 is 2.72. The van der Waals surface area contributed by atoms with E-state index in [1.165, 1.54) is 13.2 Å². The van der Waals surface area contributed by atoms with Gasteiger partial charge in [0, 0.05) is 5.69 Å². The molecule has 0 fully saturated rings. The largest absolute Gasteiger partial charge is 0.465 e. The van der Waals surface area contributed by atoms with Gasteiger partial charge in [0.2, 0.25) is 3.79 Å². The monoisotopic (exact) mass is 493 g/mol. The van der Waals surface area contributed by atoms with Crippen LogP contribution in [0.25, 0.3) is 0 Å². The van der Waals surface area contributed by atoms with Gasteiger partial charge < -0.3 is 20.7 Å². The van der Waals surface area contributed by atoms with E-state index >= 15 is 0 Å². The molecule has 0 saturated heterocycles. The van der Waals surface area contributed by atoms with Crippen molar-refractivity contribution in [3.8, 4) is 0 Å². The number of ether oxygens (including phenoxy) is 1. The molecule has 11 heteroatoms. The summed E-state index contributed by atoms with van der Waals surface area (Å²) in [5.41, 5.74) is 1.16. The third-order valence-corrected chi connectivity index (χ3v) is 4.76. The summed E-state index contributed by atoms with van der Waals surface area (Å²) in [6.07, 6.45) is -1.16. The lowest BCUT2D eigenvalue weighted by molar-refractivity contribution is 0.0600. The zero-order valence-electron chi connectivity index (χ0n) is 14.8. The number of benzene rings is 2. The van der Waals surface area contributed by atoms with Crippen LogP contribution in [0.4, 0.5) is 5.69 Å². The van der Waals surface area contributed by atoms with Crippen LogP contribution in [0.1, 0.15) is 20.7 Å². The van der Waals surface area contributed by atoms with Crippen molar-refractivity contribution in [2.45, 2.75) is 9.96 Å². The minimum atomic E-state index is -1.92. The number of nitrogens with one attached hydrogen (secondary N) is 3. The zero-order chi connectivity index (χ0) is 21.6. The molecule has 3 N–H and O–H groups in total. The number of carbonyl (C=O) groups excluding carboxylic acids is 2. The van der Waals surface area contributed by atoms with Crippen LogP contribution >= 0.6 is 58.6 Å². The van der Waals surface area contributed by atoms with E-state index in [1.807, 2.05) is 0 Å². The molecule has 1 unspecified atom stereocenters. The number of halogens is 4. The van der Waals surface area contributed by atoms with Crippen molar-refractivity contribution in [3.05, 3.63) is 64.7 Å². The Morgan fingerprint density at radius 2 is 1.66 bits per heavy atom. The molecule has 0 radical (unpaired) electrons. The van der Waals surface area contributed by atoms with E-state index in [1.54, 1.807) is 42.5 Å². The minimum Gasteiger partial charge on any atom is -0.465 e. The van der Waals surface area contributed by atoms with Crippen LogP contribution in [-0.4, -0.2) is 34.1 Å². The van der Waals surface area contributed by atoms with Crippen LogP contribution < -0.4 is 16.0 Å². The molecule has 0 bridgehead atoms. The SMILES string of the molecule is COC(=O)c1ccc(NC(=S)NC(NC(=O)c2ccccc2Cl)C(Cl)(Cl)Cl)cc1. The fourth-order valence-electron chi connectivity index (χ4n) is 2.16. The van der Waals surface area contributed by atoms with Crippen molar-refractivity contribution in [2.24, 2.45) is 0 Å². The van der Waals surface area contributed by atoms with Crippen LogP contribution in [0.3, 0.4) is 0 Å². The summed E-state index contributed by atoms with van der Waals surface area (Å²) in [4.78, 5) is 23.9. The third-order valence-electron chi connectivity index (χ3n) is 3.56. The smallest absolute Gasteiger partial charge is 0.337 e. The van der Waals surface area contributed by atoms with Crippen LogP contribution in [0.2, 0.25) is 5.02 Å². The topological polar surface area (TPSA) is 79.5 Å². The van der Waals surface area contributed by atoms with Crippen LogP contribution in [-0.2, 0) is 4.74 Å². The van der Waals surface area contributed by atoms with Gasteiger partial charge >= 0.3 is 5.97 Å². The molecule has 2 aromatic carbocycles. The van der Waals surface area contributed by atoms with Gasteiger partial charge in [0.25, 0.3) is 5.91 Å².